The van der Waals surface area contributed by atoms with Crippen LogP contribution in [-0.4, -0.2) is 75.7 Å². The zero-order valence-corrected chi connectivity index (χ0v) is 28.2. The lowest BCUT2D eigenvalue weighted by molar-refractivity contribution is 0.110. The fourth-order valence-corrected chi connectivity index (χ4v) is 8.21. The van der Waals surface area contributed by atoms with Crippen LogP contribution in [0.1, 0.15) is 31.7 Å². The van der Waals surface area contributed by atoms with Gasteiger partial charge in [-0.05, 0) is 51.1 Å². The van der Waals surface area contributed by atoms with Crippen LogP contribution in [-0.2, 0) is 0 Å². The number of carbonyl (C=O) groups excluding carboxylic acids is 1. The van der Waals surface area contributed by atoms with Gasteiger partial charge in [-0.2, -0.15) is 15.2 Å². The number of hydrogen-bond acceptors (Lipinski definition) is 11. The molecule has 2 fully saturated rings. The van der Waals surface area contributed by atoms with E-state index < -0.39 is 17.7 Å². The first-order valence-electron chi connectivity index (χ1n) is 15.2. The summed E-state index contributed by atoms with van der Waals surface area (Å²) in [6.07, 6.45) is 3.26. The van der Waals surface area contributed by atoms with E-state index >= 15 is 4.39 Å². The minimum Gasteiger partial charge on any atom is -0.472 e. The quantitative estimate of drug-likeness (QED) is 0.184. The largest absolute Gasteiger partial charge is 0.472 e. The fraction of sp³-hybridized carbons (Fsp3) is 0.344. The molecular weight excluding hydrogens is 682 g/mol. The van der Waals surface area contributed by atoms with E-state index in [-0.39, 0.29) is 84.3 Å². The van der Waals surface area contributed by atoms with Crippen LogP contribution >= 0.6 is 34.3 Å². The number of anilines is 2. The third-order valence-electron chi connectivity index (χ3n) is 8.79. The number of halogens is 3. The van der Waals surface area contributed by atoms with Crippen molar-refractivity contribution in [2.75, 3.05) is 37.7 Å². The molecule has 5 aromatic rings. The second kappa shape index (κ2) is 12.9. The van der Waals surface area contributed by atoms with Crippen LogP contribution in [0.15, 0.2) is 29.8 Å². The van der Waals surface area contributed by atoms with Crippen LogP contribution in [0.3, 0.4) is 0 Å². The number of benzene rings is 2. The summed E-state index contributed by atoms with van der Waals surface area (Å²) in [5.74, 6) is -1.37. The van der Waals surface area contributed by atoms with Gasteiger partial charge in [0.15, 0.2) is 10.9 Å². The van der Waals surface area contributed by atoms with Gasteiger partial charge in [-0.3, -0.25) is 10.2 Å². The molecule has 2 aliphatic rings. The maximum Gasteiger partial charge on any atom is 0.323 e. The van der Waals surface area contributed by atoms with E-state index in [4.69, 9.17) is 26.8 Å². The number of amides is 2. The van der Waals surface area contributed by atoms with Gasteiger partial charge in [-0.15, -0.1) is 22.7 Å². The molecule has 0 bridgehead atoms. The molecule has 5 heterocycles. The Hall–Kier alpha value is -4.36. The number of urea groups is 1. The number of aromatic nitrogens is 3. The second-order valence-corrected chi connectivity index (χ2v) is 14.1. The van der Waals surface area contributed by atoms with Crippen molar-refractivity contribution in [3.63, 3.8) is 0 Å². The summed E-state index contributed by atoms with van der Waals surface area (Å²) in [5.41, 5.74) is 6.08. The molecule has 2 saturated heterocycles. The second-order valence-electron chi connectivity index (χ2n) is 11.8. The molecule has 7 rings (SSSR count). The molecule has 2 aromatic carbocycles. The Morgan fingerprint density at radius 2 is 2.10 bits per heavy atom. The predicted octanol–water partition coefficient (Wildman–Crippen LogP) is 6.90. The van der Waals surface area contributed by atoms with Gasteiger partial charge < -0.3 is 20.1 Å². The topological polar surface area (TPSA) is 143 Å². The van der Waals surface area contributed by atoms with Crippen molar-refractivity contribution in [2.24, 2.45) is 0 Å². The van der Waals surface area contributed by atoms with Gasteiger partial charge in [-0.1, -0.05) is 17.7 Å². The van der Waals surface area contributed by atoms with Gasteiger partial charge in [0.2, 0.25) is 5.88 Å². The molecule has 0 spiro atoms. The fourth-order valence-electron chi connectivity index (χ4n) is 6.44. The van der Waals surface area contributed by atoms with Crippen molar-refractivity contribution in [3.05, 3.63) is 52.0 Å². The minimum absolute atomic E-state index is 0.0273. The Kier molecular flexibility index (Phi) is 8.67. The van der Waals surface area contributed by atoms with Crippen LogP contribution in [0.25, 0.3) is 32.1 Å². The van der Waals surface area contributed by atoms with Gasteiger partial charge in [0.25, 0.3) is 0 Å². The van der Waals surface area contributed by atoms with Crippen molar-refractivity contribution in [1.82, 2.24) is 24.8 Å². The number of nitrogen functional groups attached to an aromatic ring is 1. The summed E-state index contributed by atoms with van der Waals surface area (Å²) < 4.78 is 44.4. The molecule has 11 nitrogen and oxygen atoms in total. The number of hydrogen-bond donors (Lipinski definition) is 2. The summed E-state index contributed by atoms with van der Waals surface area (Å²) in [7, 11) is 2.02. The van der Waals surface area contributed by atoms with Gasteiger partial charge in [-0.25, -0.2) is 18.6 Å². The Morgan fingerprint density at radius 1 is 1.27 bits per heavy atom. The highest BCUT2D eigenvalue weighted by Gasteiger charge is 2.32. The summed E-state index contributed by atoms with van der Waals surface area (Å²) in [5, 5.41) is 15.3. The Bertz CT molecular complexity index is 2090. The number of ether oxygens (including phenoxy) is 2. The molecule has 3 aromatic heterocycles. The van der Waals surface area contributed by atoms with Crippen molar-refractivity contribution in [3.8, 4) is 29.1 Å². The molecule has 2 amide bonds. The number of thiazole rings is 1. The summed E-state index contributed by atoms with van der Waals surface area (Å²) in [6.45, 7) is 3.52. The number of nitrogens with one attached hydrogen (secondary N) is 1. The Balaban J connectivity index is 1.29. The number of nitrogens with two attached hydrogens (primary N) is 1. The number of nitriles is 1. The molecule has 0 saturated carbocycles. The third kappa shape index (κ3) is 5.83. The molecule has 0 radical (unpaired) electrons. The van der Waals surface area contributed by atoms with Gasteiger partial charge in [0, 0.05) is 41.5 Å². The van der Waals surface area contributed by atoms with E-state index in [1.165, 1.54) is 29.5 Å². The van der Waals surface area contributed by atoms with E-state index in [2.05, 4.69) is 25.2 Å². The molecule has 0 aliphatic carbocycles. The highest BCUT2D eigenvalue weighted by Crippen LogP contribution is 2.45. The molecule has 3 N–H and O–H groups in total. The van der Waals surface area contributed by atoms with Gasteiger partial charge in [0.1, 0.15) is 34.6 Å². The van der Waals surface area contributed by atoms with Crippen LogP contribution in [0.5, 0.6) is 11.9 Å². The maximum atomic E-state index is 16.8. The molecule has 2 aliphatic heterocycles. The van der Waals surface area contributed by atoms with E-state index in [1.54, 1.807) is 16.5 Å². The number of thiophene rings is 1. The van der Waals surface area contributed by atoms with E-state index in [9.17, 15) is 14.4 Å². The molecule has 3 atom stereocenters. The zero-order chi connectivity index (χ0) is 33.7. The van der Waals surface area contributed by atoms with Crippen LogP contribution in [0.4, 0.5) is 23.7 Å². The lowest BCUT2D eigenvalue weighted by atomic mass is 9.97. The summed E-state index contributed by atoms with van der Waals surface area (Å²) >= 11 is 9.00. The average Bonchev–Trinajstić information content (AvgIpc) is 3.87. The van der Waals surface area contributed by atoms with Crippen molar-refractivity contribution >= 4 is 71.4 Å². The van der Waals surface area contributed by atoms with Crippen molar-refractivity contribution in [1.29, 1.82) is 5.26 Å². The number of likely N-dealkylation sites (tertiary alicyclic amines) is 2. The SMILES string of the molecule is C[C@H](Oc1nc(OC2CCN(C(=O)Nc3nccs3)C2)c2cc(Cl)c(-c3ccc(F)c4sc(N)c(C#N)c34)c(F)c2n1)[C@@H]1CCCN1C. The highest BCUT2D eigenvalue weighted by atomic mass is 35.5. The Morgan fingerprint density at radius 3 is 2.83 bits per heavy atom. The molecular formula is C32H29ClF2N8O3S2. The normalized spacial score (nSPS) is 18.8. The monoisotopic (exact) mass is 710 g/mol. The van der Waals surface area contributed by atoms with Gasteiger partial charge >= 0.3 is 12.0 Å². The number of nitrogens with zero attached hydrogens (tertiary/aromatic N) is 6. The predicted molar refractivity (Wildman–Crippen MR) is 182 cm³/mol. The first-order valence-corrected chi connectivity index (χ1v) is 17.3. The van der Waals surface area contributed by atoms with Gasteiger partial charge in [0.05, 0.1) is 27.2 Å². The number of fused-ring (bicyclic) bond motifs is 2. The standard InChI is InChI=1S/C32H29ClF2N8O3S2/c1-15(22-4-3-9-42(22)2)45-30-39-26-18(29(40-30)46-16-7-10-43(14-16)32(44)41-31-38-8-11-47-31)12-20(33)24(25(26)35)17-5-6-21(34)27-23(17)19(13-36)28(37)48-27/h5-6,8,11-12,15-16,22H,3-4,7,9-10,14,37H2,1-2H3,(H,38,41,44)/t15-,16?,22-/m0/s1. The first kappa shape index (κ1) is 32.2. The molecule has 48 heavy (non-hydrogen) atoms. The molecule has 1 unspecified atom stereocenters. The highest BCUT2D eigenvalue weighted by molar-refractivity contribution is 7.23. The minimum atomic E-state index is -0.822. The average molecular weight is 711 g/mol. The molecule has 248 valence electrons. The van der Waals surface area contributed by atoms with Crippen LogP contribution < -0.4 is 20.5 Å². The van der Waals surface area contributed by atoms with E-state index in [1.807, 2.05) is 20.0 Å². The van der Waals surface area contributed by atoms with Crippen molar-refractivity contribution in [2.45, 2.75) is 44.4 Å². The lowest BCUT2D eigenvalue weighted by Crippen LogP contribution is -2.38. The van der Waals surface area contributed by atoms with Crippen molar-refractivity contribution < 1.29 is 23.0 Å². The maximum absolute atomic E-state index is 16.8. The zero-order valence-electron chi connectivity index (χ0n) is 25.8. The number of likely N-dealkylation sites (N-methyl/N-ethyl adjacent to an activating group) is 1. The van der Waals surface area contributed by atoms with E-state index in [0.29, 0.717) is 18.1 Å². The van der Waals surface area contributed by atoms with Crippen LogP contribution in [0, 0.1) is 23.0 Å². The smallest absolute Gasteiger partial charge is 0.323 e. The van der Waals surface area contributed by atoms with Crippen LogP contribution in [0.2, 0.25) is 5.02 Å². The summed E-state index contributed by atoms with van der Waals surface area (Å²) in [4.78, 5) is 29.8. The first-order chi connectivity index (χ1) is 23.1. The molecule has 16 heteroatoms. The van der Waals surface area contributed by atoms with E-state index in [0.717, 1.165) is 30.7 Å². The Labute approximate surface area is 286 Å². The number of rotatable bonds is 7. The number of carbonyl (C=O) groups is 1. The summed E-state index contributed by atoms with van der Waals surface area (Å²) in [6, 6.07) is 5.78. The third-order valence-corrected chi connectivity index (χ3v) is 10.8. The lowest BCUT2D eigenvalue weighted by Gasteiger charge is -2.26.